The molecule has 2 aliphatic rings. The molecule has 0 bridgehead atoms. The zero-order valence-corrected chi connectivity index (χ0v) is 16.2. The minimum atomic E-state index is -3.50. The van der Waals surface area contributed by atoms with Crippen LogP contribution in [0.4, 0.5) is 0 Å². The third kappa shape index (κ3) is 4.34. The predicted octanol–water partition coefficient (Wildman–Crippen LogP) is 1.17. The molecular formula is C18H29N3O3S. The predicted molar refractivity (Wildman–Crippen MR) is 98.5 cm³/mol. The van der Waals surface area contributed by atoms with Crippen molar-refractivity contribution >= 4 is 10.0 Å². The van der Waals surface area contributed by atoms with E-state index in [1.54, 1.807) is 18.2 Å². The fourth-order valence-electron chi connectivity index (χ4n) is 3.55. The minimum Gasteiger partial charge on any atom is -0.493 e. The molecule has 25 heavy (non-hydrogen) atoms. The third-order valence-corrected chi connectivity index (χ3v) is 6.65. The van der Waals surface area contributed by atoms with Crippen molar-refractivity contribution in [1.82, 2.24) is 14.5 Å². The summed E-state index contributed by atoms with van der Waals surface area (Å²) in [5.41, 5.74) is 0.974. The molecule has 1 aromatic carbocycles. The van der Waals surface area contributed by atoms with E-state index in [0.717, 1.165) is 43.9 Å². The van der Waals surface area contributed by atoms with Gasteiger partial charge in [-0.15, -0.1) is 0 Å². The lowest BCUT2D eigenvalue weighted by atomic mass is 10.0. The molecule has 0 saturated carbocycles. The van der Waals surface area contributed by atoms with Crippen molar-refractivity contribution in [3.63, 3.8) is 0 Å². The van der Waals surface area contributed by atoms with E-state index in [-0.39, 0.29) is 6.04 Å². The van der Waals surface area contributed by atoms with Gasteiger partial charge in [-0.05, 0) is 36.7 Å². The number of hydrogen-bond acceptors (Lipinski definition) is 5. The van der Waals surface area contributed by atoms with Crippen LogP contribution >= 0.6 is 0 Å². The smallest absolute Gasteiger partial charge is 0.240 e. The first-order valence-electron chi connectivity index (χ1n) is 9.05. The first-order chi connectivity index (χ1) is 11.9. The summed E-state index contributed by atoms with van der Waals surface area (Å²) in [7, 11) is -1.38. The highest BCUT2D eigenvalue weighted by Gasteiger charge is 2.27. The molecule has 1 fully saturated rings. The Morgan fingerprint density at radius 3 is 2.60 bits per heavy atom. The normalized spacial score (nSPS) is 20.5. The Kier molecular flexibility index (Phi) is 5.68. The highest BCUT2D eigenvalue weighted by atomic mass is 32.2. The molecule has 1 saturated heterocycles. The number of ether oxygens (including phenoxy) is 1. The summed E-state index contributed by atoms with van der Waals surface area (Å²) in [6, 6.07) is 5.34. The average molecular weight is 368 g/mol. The first-order valence-corrected chi connectivity index (χ1v) is 10.5. The number of hydrogen-bond donors (Lipinski definition) is 1. The van der Waals surface area contributed by atoms with Gasteiger partial charge in [-0.2, -0.15) is 0 Å². The Morgan fingerprint density at radius 2 is 1.92 bits per heavy atom. The number of sulfonamides is 1. The second kappa shape index (κ2) is 7.61. The van der Waals surface area contributed by atoms with Crippen molar-refractivity contribution in [2.24, 2.45) is 5.92 Å². The van der Waals surface area contributed by atoms with Gasteiger partial charge in [0.05, 0.1) is 11.5 Å². The summed E-state index contributed by atoms with van der Waals surface area (Å²) in [5.74, 6) is 1.19. The maximum atomic E-state index is 12.7. The van der Waals surface area contributed by atoms with Crippen molar-refractivity contribution in [3.8, 4) is 5.75 Å². The number of likely N-dealkylation sites (N-methyl/N-ethyl adjacent to an activating group) is 1. The van der Waals surface area contributed by atoms with Crippen LogP contribution in [-0.2, 0) is 16.4 Å². The maximum Gasteiger partial charge on any atom is 0.240 e. The van der Waals surface area contributed by atoms with Crippen molar-refractivity contribution < 1.29 is 13.2 Å². The number of fused-ring (bicyclic) bond motifs is 1. The molecule has 2 aliphatic heterocycles. The molecule has 140 valence electrons. The average Bonchev–Trinajstić information content (AvgIpc) is 3.04. The Morgan fingerprint density at radius 1 is 1.20 bits per heavy atom. The van der Waals surface area contributed by atoms with E-state index in [1.807, 2.05) is 0 Å². The number of nitrogens with zero attached hydrogens (tertiary/aromatic N) is 2. The van der Waals surface area contributed by atoms with Crippen molar-refractivity contribution in [3.05, 3.63) is 23.8 Å². The monoisotopic (exact) mass is 367 g/mol. The summed E-state index contributed by atoms with van der Waals surface area (Å²) < 4.78 is 33.7. The Hall–Kier alpha value is -1.15. The Bertz CT molecular complexity index is 698. The van der Waals surface area contributed by atoms with E-state index < -0.39 is 10.0 Å². The van der Waals surface area contributed by atoms with Crippen molar-refractivity contribution in [2.75, 3.05) is 46.4 Å². The van der Waals surface area contributed by atoms with Crippen LogP contribution in [0.15, 0.2) is 23.1 Å². The van der Waals surface area contributed by atoms with Gasteiger partial charge in [0.15, 0.2) is 0 Å². The number of benzene rings is 1. The molecule has 7 heteroatoms. The summed E-state index contributed by atoms with van der Waals surface area (Å²) in [6.07, 6.45) is 0.772. The van der Waals surface area contributed by atoms with Crippen LogP contribution in [-0.4, -0.2) is 70.6 Å². The lowest BCUT2D eigenvalue weighted by Gasteiger charge is -2.39. The van der Waals surface area contributed by atoms with E-state index in [4.69, 9.17) is 4.74 Å². The highest BCUT2D eigenvalue weighted by Crippen LogP contribution is 2.27. The van der Waals surface area contributed by atoms with Crippen LogP contribution < -0.4 is 9.46 Å². The molecule has 6 nitrogen and oxygen atoms in total. The molecule has 0 radical (unpaired) electrons. The molecule has 1 aromatic rings. The van der Waals surface area contributed by atoms with Crippen LogP contribution in [0, 0.1) is 5.92 Å². The zero-order valence-electron chi connectivity index (χ0n) is 15.4. The van der Waals surface area contributed by atoms with Gasteiger partial charge in [0.1, 0.15) is 5.75 Å². The van der Waals surface area contributed by atoms with Gasteiger partial charge < -0.3 is 9.64 Å². The third-order valence-electron chi connectivity index (χ3n) is 5.23. The van der Waals surface area contributed by atoms with Crippen LogP contribution in [0.3, 0.4) is 0 Å². The van der Waals surface area contributed by atoms with E-state index >= 15 is 0 Å². The summed E-state index contributed by atoms with van der Waals surface area (Å²) in [4.78, 5) is 5.05. The Balaban J connectivity index is 1.67. The number of nitrogens with one attached hydrogen (secondary N) is 1. The molecule has 0 aliphatic carbocycles. The molecule has 0 aromatic heterocycles. The van der Waals surface area contributed by atoms with Crippen LogP contribution in [0.25, 0.3) is 0 Å². The minimum absolute atomic E-state index is 0.209. The topological polar surface area (TPSA) is 61.9 Å². The molecule has 0 amide bonds. The van der Waals surface area contributed by atoms with E-state index in [2.05, 4.69) is 35.4 Å². The summed E-state index contributed by atoms with van der Waals surface area (Å²) in [6.45, 7) is 9.41. The molecule has 3 rings (SSSR count). The number of piperazine rings is 1. The lowest BCUT2D eigenvalue weighted by Crippen LogP contribution is -2.54. The van der Waals surface area contributed by atoms with Crippen LogP contribution in [0.1, 0.15) is 19.4 Å². The van der Waals surface area contributed by atoms with Gasteiger partial charge in [0.25, 0.3) is 0 Å². The van der Waals surface area contributed by atoms with Gasteiger partial charge in [0.2, 0.25) is 10.0 Å². The lowest BCUT2D eigenvalue weighted by molar-refractivity contribution is 0.0905. The maximum absolute atomic E-state index is 12.7. The second-order valence-corrected chi connectivity index (χ2v) is 9.14. The van der Waals surface area contributed by atoms with Gasteiger partial charge in [-0.1, -0.05) is 13.8 Å². The van der Waals surface area contributed by atoms with Gasteiger partial charge in [-0.3, -0.25) is 4.90 Å². The van der Waals surface area contributed by atoms with Crippen LogP contribution in [0.5, 0.6) is 5.75 Å². The molecule has 1 atom stereocenters. The molecular weight excluding hydrogens is 338 g/mol. The SMILES string of the molecule is CC(C)[C@H](CNS(=O)(=O)c1ccc2c(c1)CCO2)N1CCN(C)CC1. The second-order valence-electron chi connectivity index (χ2n) is 7.37. The molecule has 2 heterocycles. The zero-order chi connectivity index (χ0) is 18.0. The Labute approximate surface area is 151 Å². The summed E-state index contributed by atoms with van der Waals surface area (Å²) in [5, 5.41) is 0. The van der Waals surface area contributed by atoms with Crippen molar-refractivity contribution in [1.29, 1.82) is 0 Å². The molecule has 0 spiro atoms. The quantitative estimate of drug-likeness (QED) is 0.818. The fraction of sp³-hybridized carbons (Fsp3) is 0.667. The van der Waals surface area contributed by atoms with Gasteiger partial charge in [0, 0.05) is 45.2 Å². The van der Waals surface area contributed by atoms with Gasteiger partial charge in [-0.25, -0.2) is 13.1 Å². The van der Waals surface area contributed by atoms with Crippen molar-refractivity contribution in [2.45, 2.75) is 31.2 Å². The van der Waals surface area contributed by atoms with E-state index in [1.165, 1.54) is 0 Å². The fourth-order valence-corrected chi connectivity index (χ4v) is 4.65. The van der Waals surface area contributed by atoms with E-state index in [0.29, 0.717) is 24.0 Å². The van der Waals surface area contributed by atoms with E-state index in [9.17, 15) is 8.42 Å². The van der Waals surface area contributed by atoms with Gasteiger partial charge >= 0.3 is 0 Å². The standard InChI is InChI=1S/C18H29N3O3S/c1-14(2)17(21-9-7-20(3)8-10-21)13-19-25(22,23)16-4-5-18-15(12-16)6-11-24-18/h4-5,12,14,17,19H,6-11,13H2,1-3H3/t17-/m0/s1. The largest absolute Gasteiger partial charge is 0.493 e. The first kappa shape index (κ1) is 18.6. The molecule has 0 unspecified atom stereocenters. The highest BCUT2D eigenvalue weighted by molar-refractivity contribution is 7.89. The molecule has 1 N–H and O–H groups in total. The summed E-state index contributed by atoms with van der Waals surface area (Å²) >= 11 is 0. The van der Waals surface area contributed by atoms with Crippen LogP contribution in [0.2, 0.25) is 0 Å². The number of rotatable bonds is 6.